The number of hydrogen-bond donors (Lipinski definition) is 1. The quantitative estimate of drug-likeness (QED) is 0.838. The predicted octanol–water partition coefficient (Wildman–Crippen LogP) is 3.40. The molecule has 0 saturated heterocycles. The molecule has 0 atom stereocenters. The lowest BCUT2D eigenvalue weighted by atomic mass is 10.1. The van der Waals surface area contributed by atoms with Gasteiger partial charge in [-0.25, -0.2) is 9.97 Å². The van der Waals surface area contributed by atoms with E-state index in [0.29, 0.717) is 0 Å². The molecule has 0 unspecified atom stereocenters. The SMILES string of the molecule is CC(C)(C)Nc1ncnc2c1ccn2C(C)(C)C. The van der Waals surface area contributed by atoms with E-state index in [2.05, 4.69) is 73.7 Å². The van der Waals surface area contributed by atoms with Gasteiger partial charge in [0, 0.05) is 17.3 Å². The molecule has 0 saturated carbocycles. The molecular weight excluding hydrogens is 224 g/mol. The minimum Gasteiger partial charge on any atom is -0.365 e. The van der Waals surface area contributed by atoms with Gasteiger partial charge in [-0.3, -0.25) is 0 Å². The van der Waals surface area contributed by atoms with Crippen LogP contribution in [0.15, 0.2) is 18.6 Å². The molecule has 4 heteroatoms. The van der Waals surface area contributed by atoms with Gasteiger partial charge in [0.2, 0.25) is 0 Å². The summed E-state index contributed by atoms with van der Waals surface area (Å²) in [5.41, 5.74) is 0.990. The van der Waals surface area contributed by atoms with Crippen LogP contribution in [-0.2, 0) is 5.54 Å². The summed E-state index contributed by atoms with van der Waals surface area (Å²) < 4.78 is 2.18. The third-order valence-electron chi connectivity index (χ3n) is 2.70. The van der Waals surface area contributed by atoms with E-state index in [-0.39, 0.29) is 11.1 Å². The number of hydrogen-bond acceptors (Lipinski definition) is 3. The van der Waals surface area contributed by atoms with Gasteiger partial charge in [0.25, 0.3) is 0 Å². The fourth-order valence-electron chi connectivity index (χ4n) is 1.95. The summed E-state index contributed by atoms with van der Waals surface area (Å²) in [6.45, 7) is 12.9. The second-order valence-corrected chi connectivity index (χ2v) is 6.69. The molecule has 2 rings (SSSR count). The molecule has 2 aromatic rings. The molecule has 1 N–H and O–H groups in total. The van der Waals surface area contributed by atoms with Crippen molar-refractivity contribution in [1.82, 2.24) is 14.5 Å². The molecule has 4 nitrogen and oxygen atoms in total. The van der Waals surface area contributed by atoms with Crippen molar-refractivity contribution in [3.63, 3.8) is 0 Å². The summed E-state index contributed by atoms with van der Waals surface area (Å²) in [6.07, 6.45) is 3.70. The molecule has 0 fully saturated rings. The van der Waals surface area contributed by atoms with Crippen molar-refractivity contribution < 1.29 is 0 Å². The fraction of sp³-hybridized carbons (Fsp3) is 0.571. The molecule has 0 aliphatic heterocycles. The topological polar surface area (TPSA) is 42.7 Å². The lowest BCUT2D eigenvalue weighted by Gasteiger charge is -2.23. The third kappa shape index (κ3) is 2.47. The Labute approximate surface area is 108 Å². The summed E-state index contributed by atoms with van der Waals surface area (Å²) in [6, 6.07) is 2.08. The molecule has 98 valence electrons. The molecule has 0 aromatic carbocycles. The van der Waals surface area contributed by atoms with E-state index in [1.165, 1.54) is 0 Å². The number of aromatic nitrogens is 3. The number of fused-ring (bicyclic) bond motifs is 1. The van der Waals surface area contributed by atoms with Crippen LogP contribution < -0.4 is 5.32 Å². The maximum Gasteiger partial charge on any atom is 0.145 e. The number of rotatable bonds is 1. The van der Waals surface area contributed by atoms with Gasteiger partial charge >= 0.3 is 0 Å². The van der Waals surface area contributed by atoms with E-state index in [4.69, 9.17) is 0 Å². The van der Waals surface area contributed by atoms with Crippen molar-refractivity contribution in [2.45, 2.75) is 52.6 Å². The van der Waals surface area contributed by atoms with Crippen LogP contribution in [0.3, 0.4) is 0 Å². The van der Waals surface area contributed by atoms with Crippen molar-refractivity contribution >= 4 is 16.9 Å². The van der Waals surface area contributed by atoms with E-state index in [1.54, 1.807) is 6.33 Å². The molecule has 0 aliphatic carbocycles. The Bertz CT molecular complexity index is 555. The minimum absolute atomic E-state index is 0.00881. The second-order valence-electron chi connectivity index (χ2n) is 6.69. The van der Waals surface area contributed by atoms with Crippen molar-refractivity contribution in [2.24, 2.45) is 0 Å². The highest BCUT2D eigenvalue weighted by Gasteiger charge is 2.19. The first-order valence-electron chi connectivity index (χ1n) is 6.29. The number of nitrogens with one attached hydrogen (secondary N) is 1. The summed E-state index contributed by atoms with van der Waals surface area (Å²) in [5, 5.41) is 4.50. The van der Waals surface area contributed by atoms with Gasteiger partial charge in [-0.2, -0.15) is 0 Å². The van der Waals surface area contributed by atoms with Gasteiger partial charge in [0.1, 0.15) is 17.8 Å². The first-order chi connectivity index (χ1) is 8.18. The Morgan fingerprint density at radius 3 is 2.28 bits per heavy atom. The lowest BCUT2D eigenvalue weighted by Crippen LogP contribution is -2.27. The monoisotopic (exact) mass is 246 g/mol. The highest BCUT2D eigenvalue weighted by atomic mass is 15.1. The Morgan fingerprint density at radius 1 is 1.06 bits per heavy atom. The van der Waals surface area contributed by atoms with Gasteiger partial charge < -0.3 is 9.88 Å². The van der Waals surface area contributed by atoms with Crippen molar-refractivity contribution in [3.05, 3.63) is 18.6 Å². The Hall–Kier alpha value is -1.58. The first-order valence-corrected chi connectivity index (χ1v) is 6.29. The van der Waals surface area contributed by atoms with Gasteiger partial charge in [-0.15, -0.1) is 0 Å². The Kier molecular flexibility index (Phi) is 2.84. The van der Waals surface area contributed by atoms with Gasteiger partial charge in [-0.1, -0.05) is 0 Å². The predicted molar refractivity (Wildman–Crippen MR) is 75.9 cm³/mol. The molecule has 2 aromatic heterocycles. The standard InChI is InChI=1S/C14H22N4/c1-13(2,3)17-11-10-7-8-18(14(4,5)6)12(10)16-9-15-11/h7-9H,1-6H3,(H,15,16,17). The van der Waals surface area contributed by atoms with Gasteiger partial charge in [-0.05, 0) is 47.6 Å². The van der Waals surface area contributed by atoms with Crippen molar-refractivity contribution in [2.75, 3.05) is 5.32 Å². The van der Waals surface area contributed by atoms with E-state index in [0.717, 1.165) is 16.9 Å². The first kappa shape index (κ1) is 12.9. The maximum absolute atomic E-state index is 4.41. The van der Waals surface area contributed by atoms with E-state index < -0.39 is 0 Å². The van der Waals surface area contributed by atoms with E-state index in [1.807, 2.05) is 0 Å². The van der Waals surface area contributed by atoms with Crippen LogP contribution >= 0.6 is 0 Å². The van der Waals surface area contributed by atoms with Crippen LogP contribution in [0.25, 0.3) is 11.0 Å². The molecule has 0 aliphatic rings. The van der Waals surface area contributed by atoms with Crippen molar-refractivity contribution in [1.29, 1.82) is 0 Å². The van der Waals surface area contributed by atoms with Crippen LogP contribution in [0.5, 0.6) is 0 Å². The highest BCUT2D eigenvalue weighted by molar-refractivity contribution is 5.87. The summed E-state index contributed by atoms with van der Waals surface area (Å²) in [7, 11) is 0. The number of nitrogens with zero attached hydrogens (tertiary/aromatic N) is 3. The molecule has 0 amide bonds. The van der Waals surface area contributed by atoms with Gasteiger partial charge in [0.15, 0.2) is 0 Å². The lowest BCUT2D eigenvalue weighted by molar-refractivity contribution is 0.408. The van der Waals surface area contributed by atoms with Gasteiger partial charge in [0.05, 0.1) is 5.39 Å². The van der Waals surface area contributed by atoms with E-state index in [9.17, 15) is 0 Å². The maximum atomic E-state index is 4.41. The molecule has 18 heavy (non-hydrogen) atoms. The molecule has 2 heterocycles. The zero-order valence-corrected chi connectivity index (χ0v) is 12.1. The average Bonchev–Trinajstić information content (AvgIpc) is 2.58. The van der Waals surface area contributed by atoms with Crippen LogP contribution in [0.2, 0.25) is 0 Å². The smallest absolute Gasteiger partial charge is 0.145 e. The normalized spacial score (nSPS) is 13.0. The van der Waals surface area contributed by atoms with Crippen LogP contribution in [0.4, 0.5) is 5.82 Å². The van der Waals surface area contributed by atoms with Crippen LogP contribution in [0, 0.1) is 0 Å². The Balaban J connectivity index is 2.56. The minimum atomic E-state index is -0.00881. The van der Waals surface area contributed by atoms with Crippen LogP contribution in [-0.4, -0.2) is 20.1 Å². The summed E-state index contributed by atoms with van der Waals surface area (Å²) in [5.74, 6) is 0.899. The fourth-order valence-corrected chi connectivity index (χ4v) is 1.95. The number of anilines is 1. The van der Waals surface area contributed by atoms with Crippen molar-refractivity contribution in [3.8, 4) is 0 Å². The zero-order valence-electron chi connectivity index (χ0n) is 12.1. The Morgan fingerprint density at radius 2 is 1.72 bits per heavy atom. The molecular formula is C14H22N4. The average molecular weight is 246 g/mol. The summed E-state index contributed by atoms with van der Waals surface area (Å²) in [4.78, 5) is 8.76. The third-order valence-corrected chi connectivity index (χ3v) is 2.70. The second kappa shape index (κ2) is 3.97. The zero-order chi connectivity index (χ0) is 13.6. The van der Waals surface area contributed by atoms with E-state index >= 15 is 0 Å². The largest absolute Gasteiger partial charge is 0.365 e. The highest BCUT2D eigenvalue weighted by Crippen LogP contribution is 2.27. The summed E-state index contributed by atoms with van der Waals surface area (Å²) >= 11 is 0. The molecule has 0 spiro atoms. The molecule has 0 bridgehead atoms. The molecule has 0 radical (unpaired) electrons. The van der Waals surface area contributed by atoms with Crippen LogP contribution in [0.1, 0.15) is 41.5 Å².